The van der Waals surface area contributed by atoms with E-state index in [1.807, 2.05) is 25.2 Å². The molecule has 2 rings (SSSR count). The van der Waals surface area contributed by atoms with Gasteiger partial charge >= 0.3 is 0 Å². The summed E-state index contributed by atoms with van der Waals surface area (Å²) in [4.78, 5) is 12.0. The SMILES string of the molecule is CN(CCN)CCOc1ccc2c(c1)OOC2. The molecule has 5 heteroatoms. The molecule has 0 bridgehead atoms. The smallest absolute Gasteiger partial charge is 0.174 e. The van der Waals surface area contributed by atoms with Gasteiger partial charge in [-0.05, 0) is 19.2 Å². The summed E-state index contributed by atoms with van der Waals surface area (Å²) in [6.45, 7) is 3.54. The van der Waals surface area contributed by atoms with Crippen molar-refractivity contribution in [2.75, 3.05) is 33.3 Å². The molecule has 5 nitrogen and oxygen atoms in total. The van der Waals surface area contributed by atoms with Crippen LogP contribution in [0.2, 0.25) is 0 Å². The van der Waals surface area contributed by atoms with Gasteiger partial charge in [0.15, 0.2) is 5.75 Å². The van der Waals surface area contributed by atoms with E-state index in [2.05, 4.69) is 4.90 Å². The molecule has 94 valence electrons. The summed E-state index contributed by atoms with van der Waals surface area (Å²) in [6, 6.07) is 5.74. The van der Waals surface area contributed by atoms with Gasteiger partial charge in [-0.25, -0.2) is 0 Å². The molecule has 1 heterocycles. The Morgan fingerprint density at radius 2 is 2.29 bits per heavy atom. The zero-order chi connectivity index (χ0) is 12.1. The first-order valence-electron chi connectivity index (χ1n) is 5.73. The van der Waals surface area contributed by atoms with Crippen molar-refractivity contribution in [3.05, 3.63) is 23.8 Å². The normalized spacial score (nSPS) is 13.6. The Morgan fingerprint density at radius 1 is 1.41 bits per heavy atom. The predicted molar refractivity (Wildman–Crippen MR) is 63.9 cm³/mol. The maximum absolute atomic E-state index is 5.63. The molecule has 0 atom stereocenters. The molecule has 0 spiro atoms. The van der Waals surface area contributed by atoms with Gasteiger partial charge in [-0.3, -0.25) is 0 Å². The standard InChI is InChI=1S/C12H18N2O3/c1-14(5-4-13)6-7-15-11-3-2-10-9-16-17-12(10)8-11/h2-3,8H,4-7,9,13H2,1H3. The Hall–Kier alpha value is -1.30. The first kappa shape index (κ1) is 12.2. The van der Waals surface area contributed by atoms with Crippen LogP contribution in [0.15, 0.2) is 18.2 Å². The fraction of sp³-hybridized carbons (Fsp3) is 0.500. The highest BCUT2D eigenvalue weighted by Crippen LogP contribution is 2.29. The number of nitrogens with two attached hydrogens (primary N) is 1. The van der Waals surface area contributed by atoms with Crippen LogP contribution < -0.4 is 15.4 Å². The van der Waals surface area contributed by atoms with Crippen molar-refractivity contribution in [2.24, 2.45) is 5.73 Å². The number of hydrogen-bond acceptors (Lipinski definition) is 5. The third-order valence-electron chi connectivity index (χ3n) is 2.65. The quantitative estimate of drug-likeness (QED) is 0.742. The van der Waals surface area contributed by atoms with Crippen LogP contribution >= 0.6 is 0 Å². The third kappa shape index (κ3) is 3.33. The van der Waals surface area contributed by atoms with Crippen LogP contribution in [0.5, 0.6) is 11.5 Å². The maximum Gasteiger partial charge on any atom is 0.174 e. The van der Waals surface area contributed by atoms with Gasteiger partial charge in [0, 0.05) is 31.3 Å². The fourth-order valence-corrected chi connectivity index (χ4v) is 1.63. The maximum atomic E-state index is 5.63. The van der Waals surface area contributed by atoms with E-state index in [1.54, 1.807) is 0 Å². The second kappa shape index (κ2) is 5.86. The molecule has 1 aromatic rings. The van der Waals surface area contributed by atoms with Crippen molar-refractivity contribution < 1.29 is 14.5 Å². The van der Waals surface area contributed by atoms with Gasteiger partial charge in [-0.1, -0.05) is 0 Å². The highest BCUT2D eigenvalue weighted by molar-refractivity contribution is 5.41. The highest BCUT2D eigenvalue weighted by atomic mass is 17.2. The van der Waals surface area contributed by atoms with Crippen LogP contribution in [0, 0.1) is 0 Å². The number of likely N-dealkylation sites (N-methyl/N-ethyl adjacent to an activating group) is 1. The summed E-state index contributed by atoms with van der Waals surface area (Å²) >= 11 is 0. The topological polar surface area (TPSA) is 57.0 Å². The number of fused-ring (bicyclic) bond motifs is 1. The Morgan fingerprint density at radius 3 is 3.12 bits per heavy atom. The van der Waals surface area contributed by atoms with Crippen LogP contribution in [0.3, 0.4) is 0 Å². The zero-order valence-electron chi connectivity index (χ0n) is 10.0. The molecular formula is C12H18N2O3. The largest absolute Gasteiger partial charge is 0.492 e. The molecule has 2 N–H and O–H groups in total. The van der Waals surface area contributed by atoms with E-state index in [1.165, 1.54) is 0 Å². The third-order valence-corrected chi connectivity index (χ3v) is 2.65. The number of ether oxygens (including phenoxy) is 1. The monoisotopic (exact) mass is 238 g/mol. The van der Waals surface area contributed by atoms with Crippen LogP contribution in [0.4, 0.5) is 0 Å². The van der Waals surface area contributed by atoms with Crippen LogP contribution in [-0.4, -0.2) is 38.2 Å². The Labute approximate surface area is 101 Å². The molecule has 0 fully saturated rings. The van der Waals surface area contributed by atoms with E-state index in [0.29, 0.717) is 19.8 Å². The first-order chi connectivity index (χ1) is 8.29. The molecule has 0 aromatic heterocycles. The number of hydrogen-bond donors (Lipinski definition) is 1. The van der Waals surface area contributed by atoms with Crippen LogP contribution in [0.1, 0.15) is 5.56 Å². The van der Waals surface area contributed by atoms with Crippen molar-refractivity contribution in [1.82, 2.24) is 4.90 Å². The molecule has 0 radical (unpaired) electrons. The van der Waals surface area contributed by atoms with Crippen molar-refractivity contribution in [2.45, 2.75) is 6.61 Å². The lowest BCUT2D eigenvalue weighted by Crippen LogP contribution is -2.29. The van der Waals surface area contributed by atoms with Crippen LogP contribution in [-0.2, 0) is 11.5 Å². The summed E-state index contributed by atoms with van der Waals surface area (Å²) in [6.07, 6.45) is 0. The van der Waals surface area contributed by atoms with E-state index < -0.39 is 0 Å². The average Bonchev–Trinajstić information content (AvgIpc) is 2.76. The van der Waals surface area contributed by atoms with Gasteiger partial charge in [0.2, 0.25) is 0 Å². The molecule has 0 saturated carbocycles. The number of benzene rings is 1. The molecule has 0 aliphatic carbocycles. The summed E-state index contributed by atoms with van der Waals surface area (Å²) in [7, 11) is 2.02. The number of nitrogens with zero attached hydrogens (tertiary/aromatic N) is 1. The molecule has 1 aliphatic rings. The van der Waals surface area contributed by atoms with Gasteiger partial charge < -0.3 is 20.3 Å². The molecule has 0 amide bonds. The lowest BCUT2D eigenvalue weighted by atomic mass is 10.2. The predicted octanol–water partition coefficient (Wildman–Crippen LogP) is 0.780. The number of rotatable bonds is 6. The van der Waals surface area contributed by atoms with Gasteiger partial charge in [-0.2, -0.15) is 4.89 Å². The Balaban J connectivity index is 1.79. The molecule has 0 unspecified atom stereocenters. The minimum absolute atomic E-state index is 0.509. The van der Waals surface area contributed by atoms with Crippen molar-refractivity contribution in [1.29, 1.82) is 0 Å². The Bertz CT molecular complexity index is 371. The van der Waals surface area contributed by atoms with Crippen molar-refractivity contribution in [3.63, 3.8) is 0 Å². The van der Waals surface area contributed by atoms with E-state index in [9.17, 15) is 0 Å². The molecule has 1 aliphatic heterocycles. The molecule has 0 saturated heterocycles. The van der Waals surface area contributed by atoms with E-state index in [0.717, 1.165) is 30.2 Å². The molecule has 17 heavy (non-hydrogen) atoms. The summed E-state index contributed by atoms with van der Waals surface area (Å²) in [5.74, 6) is 1.55. The van der Waals surface area contributed by atoms with E-state index >= 15 is 0 Å². The van der Waals surface area contributed by atoms with Gasteiger partial charge in [0.1, 0.15) is 19.0 Å². The van der Waals surface area contributed by atoms with Gasteiger partial charge in [0.25, 0.3) is 0 Å². The van der Waals surface area contributed by atoms with Crippen molar-refractivity contribution in [3.8, 4) is 11.5 Å². The highest BCUT2D eigenvalue weighted by Gasteiger charge is 2.14. The lowest BCUT2D eigenvalue weighted by Gasteiger charge is -2.15. The fourth-order valence-electron chi connectivity index (χ4n) is 1.63. The van der Waals surface area contributed by atoms with Gasteiger partial charge in [0.05, 0.1) is 0 Å². The van der Waals surface area contributed by atoms with Crippen LogP contribution in [0.25, 0.3) is 0 Å². The molecular weight excluding hydrogens is 220 g/mol. The first-order valence-corrected chi connectivity index (χ1v) is 5.73. The van der Waals surface area contributed by atoms with Crippen molar-refractivity contribution >= 4 is 0 Å². The zero-order valence-corrected chi connectivity index (χ0v) is 10.0. The van der Waals surface area contributed by atoms with Gasteiger partial charge in [-0.15, -0.1) is 0 Å². The minimum atomic E-state index is 0.509. The lowest BCUT2D eigenvalue weighted by molar-refractivity contribution is -0.194. The molecule has 1 aromatic carbocycles. The second-order valence-corrected chi connectivity index (χ2v) is 4.06. The Kier molecular flexibility index (Phi) is 4.19. The van der Waals surface area contributed by atoms with E-state index in [4.69, 9.17) is 20.2 Å². The minimum Gasteiger partial charge on any atom is -0.492 e. The summed E-state index contributed by atoms with van der Waals surface area (Å²) < 4.78 is 5.63. The summed E-state index contributed by atoms with van der Waals surface area (Å²) in [5, 5.41) is 0. The summed E-state index contributed by atoms with van der Waals surface area (Å²) in [5.41, 5.74) is 6.51. The average molecular weight is 238 g/mol. The second-order valence-electron chi connectivity index (χ2n) is 4.06. The van der Waals surface area contributed by atoms with E-state index in [-0.39, 0.29) is 0 Å².